The van der Waals surface area contributed by atoms with Crippen LogP contribution in [0.5, 0.6) is 0 Å². The van der Waals surface area contributed by atoms with Crippen LogP contribution in [0.15, 0.2) is 4.90 Å². The van der Waals surface area contributed by atoms with Gasteiger partial charge >= 0.3 is 102 Å². The Bertz CT molecular complexity index is 246. The van der Waals surface area contributed by atoms with Gasteiger partial charge in [-0.3, -0.25) is 0 Å². The molecule has 10 heavy (non-hydrogen) atoms. The first-order valence-electron chi connectivity index (χ1n) is 2.53. The van der Waals surface area contributed by atoms with Crippen molar-refractivity contribution < 1.29 is 35.4 Å². The first-order valence-corrected chi connectivity index (χ1v) is 4.45. The first-order chi connectivity index (χ1) is 4.72. The van der Waals surface area contributed by atoms with Gasteiger partial charge in [0.05, 0.1) is 0 Å². The fraction of sp³-hybridized carbons (Fsp3) is 0. The molecule has 0 aliphatic carbocycles. The molecule has 0 aromatic carbocycles. The maximum absolute atomic E-state index is 4.00. The Morgan fingerprint density at radius 3 is 2.60 bits per heavy atom. The molecule has 0 saturated carbocycles. The van der Waals surface area contributed by atoms with E-state index in [9.17, 15) is 0 Å². The van der Waals surface area contributed by atoms with Crippen molar-refractivity contribution in [2.45, 2.75) is 0 Å². The molecule has 0 radical (unpaired) electrons. The van der Waals surface area contributed by atoms with Crippen LogP contribution in [-0.2, 0) is 0 Å². The van der Waals surface area contributed by atoms with E-state index in [1.807, 2.05) is 0 Å². The van der Waals surface area contributed by atoms with Gasteiger partial charge in [-0.25, -0.2) is 0 Å². The topological polar surface area (TPSA) is 51.0 Å². The summed E-state index contributed by atoms with van der Waals surface area (Å²) in [6, 6.07) is 0. The number of nitrogens with zero attached hydrogens (tertiary/aromatic N) is 4. The number of hydrogen-bond acceptors (Lipinski definition) is 4. The van der Waals surface area contributed by atoms with E-state index >= 15 is 0 Å². The monoisotopic (exact) mass is 293 g/mol. The molecule has 0 fully saturated rings. The van der Waals surface area contributed by atoms with Gasteiger partial charge in [0.2, 0.25) is 0 Å². The first kappa shape index (κ1) is 9.21. The maximum atomic E-state index is 4.00. The summed E-state index contributed by atoms with van der Waals surface area (Å²) in [4.78, 5) is 15.4. The minimum atomic E-state index is 0.407. The summed E-state index contributed by atoms with van der Waals surface area (Å²) in [7, 11) is 3.32. The predicted molar refractivity (Wildman–Crippen MR) is 34.1 cm³/mol. The van der Waals surface area contributed by atoms with E-state index in [1.54, 1.807) is 0 Å². The van der Waals surface area contributed by atoms with Crippen LogP contribution in [-0.4, -0.2) is 50.5 Å². The van der Waals surface area contributed by atoms with Crippen molar-refractivity contribution in [3.63, 3.8) is 0 Å². The molecule has 0 bridgehead atoms. The standard InChI is InChI=1S/C3HBN4.Er.Na/c4-8-3-6-1-5-2-7-3;;/h4H;;. The molecule has 0 amide bonds. The Balaban J connectivity index is 3.18. The van der Waals surface area contributed by atoms with E-state index in [2.05, 4.69) is 62.9 Å². The van der Waals surface area contributed by atoms with Crippen molar-refractivity contribution in [3.8, 4) is 0 Å². The molecule has 0 atom stereocenters. The molecule has 0 aliphatic heterocycles. The van der Waals surface area contributed by atoms with E-state index in [1.165, 1.54) is 0 Å². The van der Waals surface area contributed by atoms with Crippen molar-refractivity contribution in [3.05, 3.63) is 0 Å². The molecular formula is C3HBErN4Na. The molecule has 49 valence electrons. The summed E-state index contributed by atoms with van der Waals surface area (Å²) in [5.41, 5.74) is 0. The average Bonchev–Trinajstić information content (AvgIpc) is 1.85. The van der Waals surface area contributed by atoms with Crippen molar-refractivity contribution in [1.29, 1.82) is 0 Å². The molecule has 1 heterocycles. The van der Waals surface area contributed by atoms with Gasteiger partial charge in [0.15, 0.2) is 0 Å². The fourth-order valence-electron chi connectivity index (χ4n) is 0.483. The molecule has 7 heteroatoms. The van der Waals surface area contributed by atoms with E-state index in [0.717, 1.165) is 31.0 Å². The zero-order valence-corrected chi connectivity index (χ0v) is 9.14. The second-order valence-corrected chi connectivity index (χ2v) is 3.29. The number of rotatable bonds is 1. The third-order valence-electron chi connectivity index (χ3n) is 0.830. The van der Waals surface area contributed by atoms with Gasteiger partial charge in [0.1, 0.15) is 0 Å². The Morgan fingerprint density at radius 1 is 1.40 bits per heavy atom. The van der Waals surface area contributed by atoms with Crippen LogP contribution in [0.25, 0.3) is 0 Å². The zero-order valence-electron chi connectivity index (χ0n) is 5.28. The number of hydrogen-bond donors (Lipinski definition) is 0. The molecule has 1 rings (SSSR count). The molecule has 4 nitrogen and oxygen atoms in total. The van der Waals surface area contributed by atoms with Crippen LogP contribution in [0.4, 0.5) is 5.95 Å². The summed E-state index contributed by atoms with van der Waals surface area (Å²) < 4.78 is 1.42. The third-order valence-corrected chi connectivity index (χ3v) is 1.69. The predicted octanol–water partition coefficient (Wildman–Crippen LogP) is -2.44. The Kier molecular flexibility index (Phi) is 3.89. The van der Waals surface area contributed by atoms with Gasteiger partial charge in [-0.15, -0.1) is 0 Å². The quantitative estimate of drug-likeness (QED) is 0.541. The van der Waals surface area contributed by atoms with Gasteiger partial charge in [-0.05, 0) is 0 Å². The van der Waals surface area contributed by atoms with Gasteiger partial charge < -0.3 is 0 Å². The summed E-state index contributed by atoms with van der Waals surface area (Å²) in [5, 5.41) is 0. The number of aromatic nitrogens is 3. The van der Waals surface area contributed by atoms with Crippen LogP contribution in [0, 0.1) is 35.4 Å². The molecule has 0 unspecified atom stereocenters. The molecule has 0 spiro atoms. The Hall–Kier alpha value is 1.12. The second kappa shape index (κ2) is 4.22. The van der Waals surface area contributed by atoms with E-state index in [0.29, 0.717) is 7.93 Å². The van der Waals surface area contributed by atoms with Gasteiger partial charge in [-0.2, -0.15) is 0 Å². The van der Waals surface area contributed by atoms with E-state index < -0.39 is 0 Å². The summed E-state index contributed by atoms with van der Waals surface area (Å²) in [6.45, 7) is 0. The van der Waals surface area contributed by atoms with Crippen molar-refractivity contribution >= 4 is 46.6 Å². The van der Waals surface area contributed by atoms with Gasteiger partial charge in [0.25, 0.3) is 0 Å². The molecular weight excluding hydrogens is 293 g/mol. The van der Waals surface area contributed by atoms with Crippen LogP contribution < -0.4 is 5.06 Å². The molecule has 1 aromatic heterocycles. The van der Waals surface area contributed by atoms with Crippen LogP contribution in [0.3, 0.4) is 0 Å². The van der Waals surface area contributed by atoms with Crippen molar-refractivity contribution in [1.82, 2.24) is 15.0 Å². The van der Waals surface area contributed by atoms with Crippen molar-refractivity contribution in [2.75, 3.05) is 0 Å². The normalized spacial score (nSPS) is 9.50. The SMILES string of the molecule is B=Nc1n[c]([Na])n[c]([Er])n1. The molecule has 0 aliphatic rings. The van der Waals surface area contributed by atoms with E-state index in [4.69, 9.17) is 0 Å². The Labute approximate surface area is 100 Å². The zero-order chi connectivity index (χ0) is 7.56. The Morgan fingerprint density at radius 2 is 2.10 bits per heavy atom. The third kappa shape index (κ3) is 2.63. The van der Waals surface area contributed by atoms with Crippen LogP contribution in [0.1, 0.15) is 0 Å². The average molecular weight is 294 g/mol. The summed E-state index contributed by atoms with van der Waals surface area (Å²) in [6.07, 6.45) is 0. The molecule has 0 N–H and O–H groups in total. The van der Waals surface area contributed by atoms with Crippen molar-refractivity contribution in [2.24, 2.45) is 4.90 Å². The minimum absolute atomic E-state index is 0.407. The van der Waals surface area contributed by atoms with Crippen LogP contribution >= 0.6 is 0 Å². The van der Waals surface area contributed by atoms with Gasteiger partial charge in [0, 0.05) is 0 Å². The summed E-state index contributed by atoms with van der Waals surface area (Å²) in [5.74, 6) is 0.407. The molecule has 1 aromatic rings. The van der Waals surface area contributed by atoms with Gasteiger partial charge in [-0.1, -0.05) is 0 Å². The summed E-state index contributed by atoms with van der Waals surface area (Å²) >= 11 is 3.21. The molecule has 0 saturated heterocycles. The van der Waals surface area contributed by atoms with E-state index in [-0.39, 0.29) is 0 Å². The fourth-order valence-corrected chi connectivity index (χ4v) is 1.75. The second-order valence-electron chi connectivity index (χ2n) is 1.57. The van der Waals surface area contributed by atoms with Crippen LogP contribution in [0.2, 0.25) is 0 Å².